The normalized spacial score (nSPS) is 12.6. The molecule has 0 saturated carbocycles. The SMILES string of the molecule is Cc1ccc(-c2noc(CCC(C)N)n2)cc1. The molecule has 4 nitrogen and oxygen atoms in total. The fraction of sp³-hybridized carbons (Fsp3) is 0.385. The maximum absolute atomic E-state index is 5.68. The molecular weight excluding hydrogens is 214 g/mol. The Kier molecular flexibility index (Phi) is 3.54. The maximum Gasteiger partial charge on any atom is 0.227 e. The van der Waals surface area contributed by atoms with Crippen LogP contribution in [-0.2, 0) is 6.42 Å². The van der Waals surface area contributed by atoms with Gasteiger partial charge in [0, 0.05) is 18.0 Å². The van der Waals surface area contributed by atoms with Crippen molar-refractivity contribution in [2.24, 2.45) is 5.73 Å². The van der Waals surface area contributed by atoms with Crippen molar-refractivity contribution < 1.29 is 4.52 Å². The molecule has 0 aliphatic rings. The van der Waals surface area contributed by atoms with Crippen molar-refractivity contribution in [2.75, 3.05) is 0 Å². The first kappa shape index (κ1) is 11.8. The van der Waals surface area contributed by atoms with Crippen molar-refractivity contribution in [3.05, 3.63) is 35.7 Å². The summed E-state index contributed by atoms with van der Waals surface area (Å²) in [7, 11) is 0. The Bertz CT molecular complexity index is 474. The first-order valence-electron chi connectivity index (χ1n) is 5.80. The van der Waals surface area contributed by atoms with Gasteiger partial charge in [-0.25, -0.2) is 0 Å². The Morgan fingerprint density at radius 2 is 2.00 bits per heavy atom. The highest BCUT2D eigenvalue weighted by atomic mass is 16.5. The number of hydrogen-bond acceptors (Lipinski definition) is 4. The fourth-order valence-electron chi connectivity index (χ4n) is 1.53. The summed E-state index contributed by atoms with van der Waals surface area (Å²) in [6, 6.07) is 8.22. The first-order chi connectivity index (χ1) is 8.15. The van der Waals surface area contributed by atoms with Crippen LogP contribution in [0, 0.1) is 6.92 Å². The van der Waals surface area contributed by atoms with Crippen LogP contribution in [0.25, 0.3) is 11.4 Å². The number of nitrogens with zero attached hydrogens (tertiary/aromatic N) is 2. The van der Waals surface area contributed by atoms with Gasteiger partial charge in [0.2, 0.25) is 11.7 Å². The summed E-state index contributed by atoms with van der Waals surface area (Å²) in [6.07, 6.45) is 1.59. The lowest BCUT2D eigenvalue weighted by Gasteiger charge is -1.99. The van der Waals surface area contributed by atoms with Gasteiger partial charge in [-0.15, -0.1) is 0 Å². The van der Waals surface area contributed by atoms with E-state index in [1.165, 1.54) is 5.56 Å². The molecular formula is C13H17N3O. The topological polar surface area (TPSA) is 64.9 Å². The number of hydrogen-bond donors (Lipinski definition) is 1. The molecule has 2 N–H and O–H groups in total. The molecule has 0 bridgehead atoms. The summed E-state index contributed by atoms with van der Waals surface area (Å²) in [5.41, 5.74) is 7.88. The van der Waals surface area contributed by atoms with E-state index in [4.69, 9.17) is 10.3 Å². The number of benzene rings is 1. The summed E-state index contributed by atoms with van der Waals surface area (Å²) in [6.45, 7) is 4.02. The monoisotopic (exact) mass is 231 g/mol. The Hall–Kier alpha value is -1.68. The molecule has 17 heavy (non-hydrogen) atoms. The molecule has 4 heteroatoms. The third kappa shape index (κ3) is 3.14. The predicted molar refractivity (Wildman–Crippen MR) is 66.4 cm³/mol. The van der Waals surface area contributed by atoms with E-state index in [0.29, 0.717) is 11.7 Å². The highest BCUT2D eigenvalue weighted by Crippen LogP contribution is 2.16. The molecule has 0 aliphatic carbocycles. The van der Waals surface area contributed by atoms with Gasteiger partial charge in [0.15, 0.2) is 0 Å². The van der Waals surface area contributed by atoms with Crippen LogP contribution < -0.4 is 5.73 Å². The van der Waals surface area contributed by atoms with Crippen molar-refractivity contribution in [2.45, 2.75) is 32.7 Å². The predicted octanol–water partition coefficient (Wildman–Crippen LogP) is 2.32. The van der Waals surface area contributed by atoms with Crippen LogP contribution in [0.15, 0.2) is 28.8 Å². The highest BCUT2D eigenvalue weighted by Gasteiger charge is 2.08. The van der Waals surface area contributed by atoms with Crippen LogP contribution in [0.1, 0.15) is 24.8 Å². The second-order valence-electron chi connectivity index (χ2n) is 4.39. The van der Waals surface area contributed by atoms with E-state index < -0.39 is 0 Å². The summed E-state index contributed by atoms with van der Waals surface area (Å²) in [4.78, 5) is 4.35. The molecule has 0 radical (unpaired) electrons. The summed E-state index contributed by atoms with van der Waals surface area (Å²) in [5, 5.41) is 3.97. The zero-order valence-electron chi connectivity index (χ0n) is 10.2. The summed E-state index contributed by atoms with van der Waals surface area (Å²) >= 11 is 0. The molecule has 2 rings (SSSR count). The minimum Gasteiger partial charge on any atom is -0.339 e. The summed E-state index contributed by atoms with van der Waals surface area (Å²) in [5.74, 6) is 1.29. The molecule has 0 amide bonds. The third-order valence-corrected chi connectivity index (χ3v) is 2.59. The average molecular weight is 231 g/mol. The van der Waals surface area contributed by atoms with E-state index in [0.717, 1.165) is 18.4 Å². The van der Waals surface area contributed by atoms with Gasteiger partial charge in [-0.2, -0.15) is 4.98 Å². The minimum absolute atomic E-state index is 0.157. The Balaban J connectivity index is 2.10. The van der Waals surface area contributed by atoms with Crippen molar-refractivity contribution in [1.82, 2.24) is 10.1 Å². The average Bonchev–Trinajstić information content (AvgIpc) is 2.76. The number of aryl methyl sites for hydroxylation is 2. The summed E-state index contributed by atoms with van der Waals surface area (Å²) < 4.78 is 5.18. The van der Waals surface area contributed by atoms with Gasteiger partial charge in [-0.3, -0.25) is 0 Å². The first-order valence-corrected chi connectivity index (χ1v) is 5.80. The van der Waals surface area contributed by atoms with Crippen LogP contribution in [0.4, 0.5) is 0 Å². The molecule has 0 saturated heterocycles. The van der Waals surface area contributed by atoms with E-state index >= 15 is 0 Å². The van der Waals surface area contributed by atoms with Gasteiger partial charge in [0.05, 0.1) is 0 Å². The lowest BCUT2D eigenvalue weighted by Crippen LogP contribution is -2.15. The van der Waals surface area contributed by atoms with Gasteiger partial charge in [-0.05, 0) is 20.3 Å². The lowest BCUT2D eigenvalue weighted by atomic mass is 10.1. The standard InChI is InChI=1S/C13H17N3O/c1-9-3-6-11(7-4-9)13-15-12(17-16-13)8-5-10(2)14/h3-4,6-7,10H,5,8,14H2,1-2H3. The number of aromatic nitrogens is 2. The molecule has 0 fully saturated rings. The van der Waals surface area contributed by atoms with Crippen LogP contribution in [0.3, 0.4) is 0 Å². The number of rotatable bonds is 4. The van der Waals surface area contributed by atoms with Crippen molar-refractivity contribution in [3.63, 3.8) is 0 Å². The minimum atomic E-state index is 0.157. The molecule has 1 heterocycles. The van der Waals surface area contributed by atoms with Crippen LogP contribution in [-0.4, -0.2) is 16.2 Å². The van der Waals surface area contributed by atoms with Crippen LogP contribution in [0.2, 0.25) is 0 Å². The van der Waals surface area contributed by atoms with E-state index in [1.807, 2.05) is 38.1 Å². The van der Waals surface area contributed by atoms with Gasteiger partial charge in [0.25, 0.3) is 0 Å². The number of nitrogens with two attached hydrogens (primary N) is 1. The molecule has 0 aliphatic heterocycles. The van der Waals surface area contributed by atoms with E-state index in [9.17, 15) is 0 Å². The van der Waals surface area contributed by atoms with Gasteiger partial charge in [-0.1, -0.05) is 35.0 Å². The quantitative estimate of drug-likeness (QED) is 0.877. The van der Waals surface area contributed by atoms with E-state index in [-0.39, 0.29) is 6.04 Å². The Morgan fingerprint density at radius 1 is 1.29 bits per heavy atom. The molecule has 1 atom stereocenters. The zero-order chi connectivity index (χ0) is 12.3. The lowest BCUT2D eigenvalue weighted by molar-refractivity contribution is 0.372. The van der Waals surface area contributed by atoms with E-state index in [1.54, 1.807) is 0 Å². The van der Waals surface area contributed by atoms with Crippen LogP contribution >= 0.6 is 0 Å². The van der Waals surface area contributed by atoms with E-state index in [2.05, 4.69) is 10.1 Å². The van der Waals surface area contributed by atoms with Crippen molar-refractivity contribution in [1.29, 1.82) is 0 Å². The smallest absolute Gasteiger partial charge is 0.227 e. The third-order valence-electron chi connectivity index (χ3n) is 2.59. The van der Waals surface area contributed by atoms with Crippen LogP contribution in [0.5, 0.6) is 0 Å². The molecule has 1 aromatic carbocycles. The van der Waals surface area contributed by atoms with Gasteiger partial charge >= 0.3 is 0 Å². The molecule has 2 aromatic rings. The fourth-order valence-corrected chi connectivity index (χ4v) is 1.53. The second kappa shape index (κ2) is 5.10. The molecule has 0 spiro atoms. The van der Waals surface area contributed by atoms with Crippen molar-refractivity contribution in [3.8, 4) is 11.4 Å². The second-order valence-corrected chi connectivity index (χ2v) is 4.39. The largest absolute Gasteiger partial charge is 0.339 e. The highest BCUT2D eigenvalue weighted by molar-refractivity contribution is 5.54. The molecule has 90 valence electrons. The zero-order valence-corrected chi connectivity index (χ0v) is 10.2. The van der Waals surface area contributed by atoms with Gasteiger partial charge in [0.1, 0.15) is 0 Å². The molecule has 1 unspecified atom stereocenters. The Labute approximate surface area is 101 Å². The Morgan fingerprint density at radius 3 is 2.65 bits per heavy atom. The molecule has 1 aromatic heterocycles. The maximum atomic E-state index is 5.68. The van der Waals surface area contributed by atoms with Crippen molar-refractivity contribution >= 4 is 0 Å². The van der Waals surface area contributed by atoms with Gasteiger partial charge < -0.3 is 10.3 Å².